The van der Waals surface area contributed by atoms with Crippen LogP contribution in [0.25, 0.3) is 0 Å². The van der Waals surface area contributed by atoms with E-state index in [0.29, 0.717) is 38.5 Å². The maximum Gasteiger partial charge on any atom is 0.245 e. The Bertz CT molecular complexity index is 909. The summed E-state index contributed by atoms with van der Waals surface area (Å²) in [6.07, 6.45) is 0.985. The van der Waals surface area contributed by atoms with Crippen LogP contribution in [-0.2, 0) is 22.6 Å². The monoisotopic (exact) mass is 466 g/mol. The van der Waals surface area contributed by atoms with Gasteiger partial charge in [-0.3, -0.25) is 9.59 Å². The predicted molar refractivity (Wildman–Crippen MR) is 134 cm³/mol. The molecule has 3 N–H and O–H groups in total. The van der Waals surface area contributed by atoms with E-state index in [1.165, 1.54) is 0 Å². The van der Waals surface area contributed by atoms with Crippen LogP contribution in [0.2, 0.25) is 0 Å². The zero-order valence-electron chi connectivity index (χ0n) is 20.6. The second-order valence-electron chi connectivity index (χ2n) is 9.55. The van der Waals surface area contributed by atoms with E-state index in [-0.39, 0.29) is 11.8 Å². The number of amides is 2. The Kier molecular flexibility index (Phi) is 9.48. The van der Waals surface area contributed by atoms with Crippen molar-refractivity contribution in [3.05, 3.63) is 65.7 Å². The molecule has 0 aromatic heterocycles. The lowest BCUT2D eigenvalue weighted by atomic mass is 10.0. The third-order valence-electron chi connectivity index (χ3n) is 6.10. The first-order valence-electron chi connectivity index (χ1n) is 12.1. The molecule has 7 nitrogen and oxygen atoms in total. The zero-order chi connectivity index (χ0) is 24.5. The molecule has 1 saturated heterocycles. The van der Waals surface area contributed by atoms with Gasteiger partial charge in [-0.15, -0.1) is 0 Å². The number of carbonyl (C=O) groups excluding carboxylic acids is 2. The van der Waals surface area contributed by atoms with Crippen LogP contribution in [0.5, 0.6) is 5.75 Å². The van der Waals surface area contributed by atoms with Gasteiger partial charge in [0, 0.05) is 32.6 Å². The Labute approximate surface area is 203 Å². The maximum absolute atomic E-state index is 13.3. The highest BCUT2D eigenvalue weighted by molar-refractivity contribution is 5.90. The van der Waals surface area contributed by atoms with Gasteiger partial charge in [0.2, 0.25) is 11.8 Å². The molecule has 184 valence electrons. The molecule has 0 spiro atoms. The van der Waals surface area contributed by atoms with Gasteiger partial charge in [-0.1, -0.05) is 56.3 Å². The minimum Gasteiger partial charge on any atom is -0.489 e. The average molecular weight is 467 g/mol. The summed E-state index contributed by atoms with van der Waals surface area (Å²) in [5.74, 6) is 0.736. The van der Waals surface area contributed by atoms with Gasteiger partial charge in [-0.2, -0.15) is 0 Å². The number of ether oxygens (including phenoxy) is 1. The van der Waals surface area contributed by atoms with Crippen molar-refractivity contribution in [2.75, 3.05) is 33.2 Å². The van der Waals surface area contributed by atoms with Crippen molar-refractivity contribution in [1.29, 1.82) is 0 Å². The van der Waals surface area contributed by atoms with Crippen molar-refractivity contribution in [2.24, 2.45) is 11.7 Å². The molecule has 34 heavy (non-hydrogen) atoms. The highest BCUT2D eigenvalue weighted by atomic mass is 16.5. The number of hydrogen-bond acceptors (Lipinski definition) is 5. The first kappa shape index (κ1) is 25.7. The molecule has 0 radical (unpaired) electrons. The smallest absolute Gasteiger partial charge is 0.245 e. The summed E-state index contributed by atoms with van der Waals surface area (Å²) in [6, 6.07) is 16.4. The summed E-state index contributed by atoms with van der Waals surface area (Å²) < 4.78 is 5.87. The van der Waals surface area contributed by atoms with Crippen molar-refractivity contribution in [2.45, 2.75) is 45.4 Å². The van der Waals surface area contributed by atoms with Crippen LogP contribution in [0.1, 0.15) is 31.4 Å². The first-order chi connectivity index (χ1) is 16.3. The molecule has 2 aromatic rings. The van der Waals surface area contributed by atoms with Gasteiger partial charge in [0.15, 0.2) is 0 Å². The van der Waals surface area contributed by atoms with Crippen LogP contribution in [0.3, 0.4) is 0 Å². The molecule has 1 aliphatic rings. The van der Waals surface area contributed by atoms with E-state index >= 15 is 0 Å². The van der Waals surface area contributed by atoms with Crippen molar-refractivity contribution in [1.82, 2.24) is 15.1 Å². The molecule has 1 aliphatic heterocycles. The van der Waals surface area contributed by atoms with Crippen LogP contribution in [-0.4, -0.2) is 66.9 Å². The lowest BCUT2D eigenvalue weighted by Crippen LogP contribution is -2.57. The summed E-state index contributed by atoms with van der Waals surface area (Å²) in [7, 11) is 2.05. The number of nitrogens with two attached hydrogens (primary N) is 1. The molecule has 7 heteroatoms. The molecule has 2 atom stereocenters. The van der Waals surface area contributed by atoms with E-state index in [9.17, 15) is 9.59 Å². The second-order valence-corrected chi connectivity index (χ2v) is 9.55. The molecule has 0 saturated carbocycles. The average Bonchev–Trinajstić information content (AvgIpc) is 2.83. The summed E-state index contributed by atoms with van der Waals surface area (Å²) in [6.45, 7) is 7.52. The molecular formula is C27H38N4O3. The largest absolute Gasteiger partial charge is 0.489 e. The third-order valence-corrected chi connectivity index (χ3v) is 6.10. The standard InChI is InChI=1S/C27H38N4O3/c1-20(2)17-24(28)26(32)29-25(27(33)31-15-13-30(3)14-16-31)18-21-9-11-23(12-10-21)34-19-22-7-5-4-6-8-22/h4-12,20,24-25H,13-19,28H2,1-3H3,(H,29,32). The molecular weight excluding hydrogens is 428 g/mol. The number of likely N-dealkylation sites (N-methyl/N-ethyl adjacent to an activating group) is 1. The summed E-state index contributed by atoms with van der Waals surface area (Å²) in [4.78, 5) is 30.1. The number of carbonyl (C=O) groups is 2. The minimum atomic E-state index is -0.648. The van der Waals surface area contributed by atoms with Crippen LogP contribution in [0, 0.1) is 5.92 Å². The van der Waals surface area contributed by atoms with Gasteiger partial charge < -0.3 is 25.6 Å². The van der Waals surface area contributed by atoms with Crippen molar-refractivity contribution in [3.63, 3.8) is 0 Å². The normalized spacial score (nSPS) is 16.2. The fourth-order valence-corrected chi connectivity index (χ4v) is 4.04. The molecule has 0 bridgehead atoms. The second kappa shape index (κ2) is 12.5. The van der Waals surface area contributed by atoms with Crippen LogP contribution >= 0.6 is 0 Å². The van der Waals surface area contributed by atoms with Gasteiger partial charge in [-0.05, 0) is 42.6 Å². The van der Waals surface area contributed by atoms with Crippen molar-refractivity contribution < 1.29 is 14.3 Å². The highest BCUT2D eigenvalue weighted by Crippen LogP contribution is 2.17. The molecule has 2 aromatic carbocycles. The topological polar surface area (TPSA) is 87.9 Å². The first-order valence-corrected chi connectivity index (χ1v) is 12.1. The molecule has 0 aliphatic carbocycles. The van der Waals surface area contributed by atoms with Gasteiger partial charge >= 0.3 is 0 Å². The fourth-order valence-electron chi connectivity index (χ4n) is 4.04. The number of hydrogen-bond donors (Lipinski definition) is 2. The van der Waals surface area contributed by atoms with Gasteiger partial charge in [-0.25, -0.2) is 0 Å². The van der Waals surface area contributed by atoms with Crippen LogP contribution < -0.4 is 15.8 Å². The Morgan fingerprint density at radius 3 is 2.24 bits per heavy atom. The maximum atomic E-state index is 13.3. The lowest BCUT2D eigenvalue weighted by Gasteiger charge is -2.35. The van der Waals surface area contributed by atoms with E-state index in [2.05, 4.69) is 10.2 Å². The van der Waals surface area contributed by atoms with Crippen molar-refractivity contribution in [3.8, 4) is 5.75 Å². The van der Waals surface area contributed by atoms with Gasteiger partial charge in [0.1, 0.15) is 18.4 Å². The summed E-state index contributed by atoms with van der Waals surface area (Å²) in [5.41, 5.74) is 8.16. The fraction of sp³-hybridized carbons (Fsp3) is 0.481. The Balaban J connectivity index is 1.65. The molecule has 1 fully saturated rings. The van der Waals surface area contributed by atoms with Crippen LogP contribution in [0.4, 0.5) is 0 Å². The number of nitrogens with zero attached hydrogens (tertiary/aromatic N) is 2. The summed E-state index contributed by atoms with van der Waals surface area (Å²) >= 11 is 0. The highest BCUT2D eigenvalue weighted by Gasteiger charge is 2.29. The Morgan fingerprint density at radius 2 is 1.62 bits per heavy atom. The Hall–Kier alpha value is -2.90. The van der Waals surface area contributed by atoms with Gasteiger partial charge in [0.05, 0.1) is 6.04 Å². The van der Waals surface area contributed by atoms with Gasteiger partial charge in [0.25, 0.3) is 0 Å². The number of nitrogens with one attached hydrogen (secondary N) is 1. The van der Waals surface area contributed by atoms with Crippen LogP contribution in [0.15, 0.2) is 54.6 Å². The minimum absolute atomic E-state index is 0.0531. The quantitative estimate of drug-likeness (QED) is 0.562. The molecule has 3 rings (SSSR count). The van der Waals surface area contributed by atoms with E-state index in [4.69, 9.17) is 10.5 Å². The molecule has 2 unspecified atom stereocenters. The number of benzene rings is 2. The predicted octanol–water partition coefficient (Wildman–Crippen LogP) is 2.44. The van der Waals surface area contributed by atoms with E-state index in [0.717, 1.165) is 30.0 Å². The van der Waals surface area contributed by atoms with Crippen molar-refractivity contribution >= 4 is 11.8 Å². The zero-order valence-corrected chi connectivity index (χ0v) is 20.6. The third kappa shape index (κ3) is 7.85. The number of rotatable bonds is 10. The summed E-state index contributed by atoms with van der Waals surface area (Å²) in [5, 5.41) is 2.94. The van der Waals surface area contributed by atoms with E-state index in [1.54, 1.807) is 0 Å². The van der Waals surface area contributed by atoms with E-state index in [1.807, 2.05) is 80.4 Å². The molecule has 1 heterocycles. The number of piperazine rings is 1. The van der Waals surface area contributed by atoms with E-state index < -0.39 is 12.1 Å². The Morgan fingerprint density at radius 1 is 0.971 bits per heavy atom. The molecule has 2 amide bonds. The lowest BCUT2D eigenvalue weighted by molar-refractivity contribution is -0.138. The SMILES string of the molecule is CC(C)CC(N)C(=O)NC(Cc1ccc(OCc2ccccc2)cc1)C(=O)N1CCN(C)CC1.